The van der Waals surface area contributed by atoms with Gasteiger partial charge in [-0.05, 0) is 31.5 Å². The van der Waals surface area contributed by atoms with Gasteiger partial charge < -0.3 is 9.52 Å². The van der Waals surface area contributed by atoms with Gasteiger partial charge >= 0.3 is 0 Å². The molecule has 2 aromatic rings. The number of hydrogen-bond acceptors (Lipinski definition) is 4. The number of aryl methyl sites for hydroxylation is 1. The van der Waals surface area contributed by atoms with E-state index in [-0.39, 0.29) is 12.6 Å². The number of benzene rings is 1. The third kappa shape index (κ3) is 4.66. The Bertz CT molecular complexity index is 704. The van der Waals surface area contributed by atoms with Gasteiger partial charge in [-0.3, -0.25) is 9.80 Å². The van der Waals surface area contributed by atoms with E-state index >= 15 is 0 Å². The van der Waals surface area contributed by atoms with Crippen molar-refractivity contribution >= 4 is 0 Å². The molecule has 1 aliphatic heterocycles. The molecule has 0 bridgehead atoms. The first-order chi connectivity index (χ1) is 12.0. The van der Waals surface area contributed by atoms with Gasteiger partial charge in [-0.2, -0.15) is 0 Å². The van der Waals surface area contributed by atoms with Crippen LogP contribution in [0.1, 0.15) is 23.5 Å². The molecule has 1 aliphatic rings. The second kappa shape index (κ2) is 8.08. The van der Waals surface area contributed by atoms with Gasteiger partial charge in [-0.1, -0.05) is 6.07 Å². The van der Waals surface area contributed by atoms with Crippen LogP contribution >= 0.6 is 0 Å². The number of hydrogen-bond donors (Lipinski definition) is 1. The van der Waals surface area contributed by atoms with Gasteiger partial charge in [0.2, 0.25) is 0 Å². The molecule has 6 heteroatoms. The van der Waals surface area contributed by atoms with Crippen LogP contribution in [0.2, 0.25) is 0 Å². The van der Waals surface area contributed by atoms with Gasteiger partial charge in [0.25, 0.3) is 0 Å². The Balaban J connectivity index is 1.64. The Morgan fingerprint density at radius 2 is 2.00 bits per heavy atom. The van der Waals surface area contributed by atoms with Gasteiger partial charge in [0.05, 0.1) is 6.54 Å². The molecule has 136 valence electrons. The lowest BCUT2D eigenvalue weighted by atomic mass is 10.1. The lowest BCUT2D eigenvalue weighted by molar-refractivity contribution is 0.0449. The summed E-state index contributed by atoms with van der Waals surface area (Å²) in [6, 6.07) is 7.82. The van der Waals surface area contributed by atoms with Gasteiger partial charge in [0.15, 0.2) is 0 Å². The number of piperazine rings is 1. The standard InChI is InChI=1S/C19H24F2N2O2/c1-14-2-5-18(25-14)13-23-8-7-22(12-17(23)6-9-24)11-15-3-4-16(20)10-19(15)21/h2-5,10,17,24H,6-9,11-13H2,1H3/t17-/m0/s1. The van der Waals surface area contributed by atoms with Gasteiger partial charge in [0.1, 0.15) is 23.2 Å². The average Bonchev–Trinajstić information content (AvgIpc) is 2.98. The Labute approximate surface area is 146 Å². The molecule has 1 fully saturated rings. The number of rotatable bonds is 6. The van der Waals surface area contributed by atoms with Crippen LogP contribution in [0.5, 0.6) is 0 Å². The van der Waals surface area contributed by atoms with E-state index in [9.17, 15) is 13.9 Å². The SMILES string of the molecule is Cc1ccc(CN2CCN(Cc3ccc(F)cc3F)C[C@@H]2CCO)o1. The summed E-state index contributed by atoms with van der Waals surface area (Å²) in [6.45, 7) is 5.52. The highest BCUT2D eigenvalue weighted by atomic mass is 19.1. The Morgan fingerprint density at radius 1 is 1.16 bits per heavy atom. The fraction of sp³-hybridized carbons (Fsp3) is 0.474. The number of halogens is 2. The highest BCUT2D eigenvalue weighted by Gasteiger charge is 2.27. The molecule has 3 rings (SSSR count). The summed E-state index contributed by atoms with van der Waals surface area (Å²) in [5.41, 5.74) is 0.499. The first-order valence-corrected chi connectivity index (χ1v) is 8.61. The zero-order valence-electron chi connectivity index (χ0n) is 14.4. The van der Waals surface area contributed by atoms with E-state index in [1.54, 1.807) is 0 Å². The monoisotopic (exact) mass is 350 g/mol. The van der Waals surface area contributed by atoms with E-state index in [0.717, 1.165) is 37.2 Å². The summed E-state index contributed by atoms with van der Waals surface area (Å²) < 4.78 is 32.6. The minimum absolute atomic E-state index is 0.108. The van der Waals surface area contributed by atoms with Crippen LogP contribution in [0.3, 0.4) is 0 Å². The molecule has 1 atom stereocenters. The van der Waals surface area contributed by atoms with Crippen LogP contribution in [0.15, 0.2) is 34.7 Å². The second-order valence-electron chi connectivity index (χ2n) is 6.62. The quantitative estimate of drug-likeness (QED) is 0.870. The zero-order chi connectivity index (χ0) is 17.8. The molecule has 0 aliphatic carbocycles. The van der Waals surface area contributed by atoms with Crippen molar-refractivity contribution in [3.63, 3.8) is 0 Å². The van der Waals surface area contributed by atoms with Crippen molar-refractivity contribution in [2.45, 2.75) is 32.5 Å². The molecule has 0 saturated carbocycles. The van der Waals surface area contributed by atoms with Gasteiger partial charge in [0, 0.05) is 50.5 Å². The van der Waals surface area contributed by atoms with Crippen molar-refractivity contribution in [2.75, 3.05) is 26.2 Å². The molecule has 0 amide bonds. The molecule has 0 unspecified atom stereocenters. The smallest absolute Gasteiger partial charge is 0.130 e. The van der Waals surface area contributed by atoms with E-state index in [4.69, 9.17) is 4.42 Å². The molecule has 2 heterocycles. The minimum Gasteiger partial charge on any atom is -0.465 e. The maximum Gasteiger partial charge on any atom is 0.130 e. The molecule has 0 spiro atoms. The van der Waals surface area contributed by atoms with E-state index in [1.807, 2.05) is 19.1 Å². The highest BCUT2D eigenvalue weighted by Crippen LogP contribution is 2.20. The molecule has 25 heavy (non-hydrogen) atoms. The maximum absolute atomic E-state index is 13.9. The van der Waals surface area contributed by atoms with Crippen molar-refractivity contribution in [3.05, 3.63) is 59.1 Å². The lowest BCUT2D eigenvalue weighted by Crippen LogP contribution is -2.52. The normalized spacial score (nSPS) is 19.4. The molecule has 1 aromatic heterocycles. The van der Waals surface area contributed by atoms with Crippen molar-refractivity contribution in [2.24, 2.45) is 0 Å². The summed E-state index contributed by atoms with van der Waals surface area (Å²) in [4.78, 5) is 4.45. The topological polar surface area (TPSA) is 39.9 Å². The van der Waals surface area contributed by atoms with Crippen LogP contribution in [0.25, 0.3) is 0 Å². The van der Waals surface area contributed by atoms with E-state index in [2.05, 4.69) is 9.80 Å². The number of furan rings is 1. The molecule has 1 aromatic carbocycles. The predicted octanol–water partition coefficient (Wildman–Crippen LogP) is 2.94. The second-order valence-corrected chi connectivity index (χ2v) is 6.62. The summed E-state index contributed by atoms with van der Waals surface area (Å²) in [6.07, 6.45) is 0.655. The Kier molecular flexibility index (Phi) is 5.83. The summed E-state index contributed by atoms with van der Waals surface area (Å²) in [5.74, 6) is 0.739. The van der Waals surface area contributed by atoms with Crippen LogP contribution in [-0.4, -0.2) is 47.2 Å². The Morgan fingerprint density at radius 3 is 2.68 bits per heavy atom. The van der Waals surface area contributed by atoms with E-state index in [1.165, 1.54) is 12.1 Å². The van der Waals surface area contributed by atoms with Crippen molar-refractivity contribution in [1.29, 1.82) is 0 Å². The Hall–Kier alpha value is -1.76. The summed E-state index contributed by atoms with van der Waals surface area (Å²) >= 11 is 0. The minimum atomic E-state index is -0.557. The van der Waals surface area contributed by atoms with Crippen molar-refractivity contribution in [1.82, 2.24) is 9.80 Å². The summed E-state index contributed by atoms with van der Waals surface area (Å²) in [5, 5.41) is 9.39. The predicted molar refractivity (Wildman–Crippen MR) is 91.0 cm³/mol. The fourth-order valence-electron chi connectivity index (χ4n) is 3.39. The molecule has 1 N–H and O–H groups in total. The van der Waals surface area contributed by atoms with Crippen molar-refractivity contribution in [3.8, 4) is 0 Å². The first kappa shape index (κ1) is 18.0. The van der Waals surface area contributed by atoms with E-state index < -0.39 is 11.6 Å². The molecule has 1 saturated heterocycles. The number of nitrogens with zero attached hydrogens (tertiary/aromatic N) is 2. The molecule has 0 radical (unpaired) electrons. The fourth-order valence-corrected chi connectivity index (χ4v) is 3.39. The third-order valence-corrected chi connectivity index (χ3v) is 4.72. The van der Waals surface area contributed by atoms with Gasteiger partial charge in [-0.15, -0.1) is 0 Å². The zero-order valence-corrected chi connectivity index (χ0v) is 14.4. The first-order valence-electron chi connectivity index (χ1n) is 8.61. The third-order valence-electron chi connectivity index (χ3n) is 4.72. The largest absolute Gasteiger partial charge is 0.465 e. The van der Waals surface area contributed by atoms with Crippen LogP contribution < -0.4 is 0 Å². The van der Waals surface area contributed by atoms with Crippen molar-refractivity contribution < 1.29 is 18.3 Å². The number of aliphatic hydroxyl groups is 1. The van der Waals surface area contributed by atoms with Crippen LogP contribution in [0, 0.1) is 18.6 Å². The van der Waals surface area contributed by atoms with Crippen LogP contribution in [0.4, 0.5) is 8.78 Å². The summed E-state index contributed by atoms with van der Waals surface area (Å²) in [7, 11) is 0. The highest BCUT2D eigenvalue weighted by molar-refractivity contribution is 5.18. The molecular formula is C19H24F2N2O2. The molecule has 4 nitrogen and oxygen atoms in total. The molecular weight excluding hydrogens is 326 g/mol. The number of aliphatic hydroxyl groups excluding tert-OH is 1. The van der Waals surface area contributed by atoms with Crippen LogP contribution in [-0.2, 0) is 13.1 Å². The van der Waals surface area contributed by atoms with E-state index in [0.29, 0.717) is 25.1 Å². The van der Waals surface area contributed by atoms with Gasteiger partial charge in [-0.25, -0.2) is 8.78 Å². The maximum atomic E-state index is 13.9. The lowest BCUT2D eigenvalue weighted by Gasteiger charge is -2.41. The average molecular weight is 350 g/mol.